The van der Waals surface area contributed by atoms with Crippen molar-refractivity contribution in [2.24, 2.45) is 0 Å². The number of piperidine rings is 1. The summed E-state index contributed by atoms with van der Waals surface area (Å²) in [5.41, 5.74) is 1.37. The standard InChI is InChI=1S/C21H27N3O3/c1-4-10-24-19-13(2)6-5-7-17(19)20(25)18(22-24)21(26)27-16-11-14-8-9-15(12-16)23(14)3/h5-7,14-16H,4,8-12H2,1-3H3. The van der Waals surface area contributed by atoms with Gasteiger partial charge < -0.3 is 9.64 Å². The zero-order valence-corrected chi connectivity index (χ0v) is 16.3. The summed E-state index contributed by atoms with van der Waals surface area (Å²) in [5, 5.41) is 4.94. The molecule has 2 bridgehead atoms. The van der Waals surface area contributed by atoms with Crippen molar-refractivity contribution < 1.29 is 9.53 Å². The molecule has 2 aliphatic heterocycles. The molecular formula is C21H27N3O3. The van der Waals surface area contributed by atoms with E-state index in [4.69, 9.17) is 4.74 Å². The van der Waals surface area contributed by atoms with E-state index in [2.05, 4.69) is 24.0 Å². The molecular weight excluding hydrogens is 342 g/mol. The van der Waals surface area contributed by atoms with Gasteiger partial charge in [0, 0.05) is 31.5 Å². The van der Waals surface area contributed by atoms with Crippen molar-refractivity contribution in [3.8, 4) is 0 Å². The van der Waals surface area contributed by atoms with Gasteiger partial charge in [0.15, 0.2) is 0 Å². The number of hydrogen-bond donors (Lipinski definition) is 0. The molecule has 144 valence electrons. The minimum absolute atomic E-state index is 0.0900. The van der Waals surface area contributed by atoms with Crippen molar-refractivity contribution >= 4 is 16.9 Å². The lowest BCUT2D eigenvalue weighted by atomic mass is 10.0. The number of fused-ring (bicyclic) bond motifs is 3. The maximum absolute atomic E-state index is 12.9. The number of esters is 1. The van der Waals surface area contributed by atoms with E-state index in [1.807, 2.05) is 19.1 Å². The summed E-state index contributed by atoms with van der Waals surface area (Å²) in [6.07, 6.45) is 4.74. The SMILES string of the molecule is CCCn1nc(C(=O)OC2CC3CCC(C2)N3C)c(=O)c2cccc(C)c21. The Morgan fingerprint density at radius 2 is 1.96 bits per heavy atom. The highest BCUT2D eigenvalue weighted by Crippen LogP contribution is 2.35. The monoisotopic (exact) mass is 369 g/mol. The van der Waals surface area contributed by atoms with Crippen LogP contribution in [0.3, 0.4) is 0 Å². The smallest absolute Gasteiger partial charge is 0.363 e. The van der Waals surface area contributed by atoms with Crippen LogP contribution >= 0.6 is 0 Å². The number of aromatic nitrogens is 2. The first-order valence-corrected chi connectivity index (χ1v) is 9.93. The minimum atomic E-state index is -0.581. The Bertz CT molecular complexity index is 922. The van der Waals surface area contributed by atoms with Gasteiger partial charge in [0.1, 0.15) is 6.10 Å². The fraction of sp³-hybridized carbons (Fsp3) is 0.571. The van der Waals surface area contributed by atoms with Crippen molar-refractivity contribution in [3.05, 3.63) is 39.7 Å². The van der Waals surface area contributed by atoms with Crippen molar-refractivity contribution in [1.82, 2.24) is 14.7 Å². The zero-order chi connectivity index (χ0) is 19.1. The van der Waals surface area contributed by atoms with Gasteiger partial charge in [-0.3, -0.25) is 9.48 Å². The first kappa shape index (κ1) is 18.2. The van der Waals surface area contributed by atoms with E-state index in [0.717, 1.165) is 43.2 Å². The third-order valence-electron chi connectivity index (χ3n) is 6.13. The fourth-order valence-corrected chi connectivity index (χ4v) is 4.70. The van der Waals surface area contributed by atoms with Crippen molar-refractivity contribution in [2.75, 3.05) is 7.05 Å². The molecule has 4 rings (SSSR count). The maximum Gasteiger partial charge on any atom is 0.363 e. The predicted octanol–water partition coefficient (Wildman–Crippen LogP) is 2.90. The number of carbonyl (C=O) groups excluding carboxylic acids is 1. The van der Waals surface area contributed by atoms with E-state index < -0.39 is 5.97 Å². The predicted molar refractivity (Wildman–Crippen MR) is 104 cm³/mol. The molecule has 2 aromatic rings. The molecule has 2 fully saturated rings. The molecule has 2 unspecified atom stereocenters. The van der Waals surface area contributed by atoms with Gasteiger partial charge >= 0.3 is 5.97 Å². The third-order valence-corrected chi connectivity index (χ3v) is 6.13. The minimum Gasteiger partial charge on any atom is -0.457 e. The maximum atomic E-state index is 12.9. The van der Waals surface area contributed by atoms with Crippen molar-refractivity contribution in [1.29, 1.82) is 0 Å². The number of rotatable bonds is 4. The summed E-state index contributed by atoms with van der Waals surface area (Å²) in [6.45, 7) is 4.67. The summed E-state index contributed by atoms with van der Waals surface area (Å²) < 4.78 is 7.54. The highest BCUT2D eigenvalue weighted by Gasteiger charge is 2.40. The van der Waals surface area contributed by atoms with Gasteiger partial charge in [0.25, 0.3) is 0 Å². The number of nitrogens with zero attached hydrogens (tertiary/aromatic N) is 3. The van der Waals surface area contributed by atoms with Crippen LogP contribution in [0.2, 0.25) is 0 Å². The summed E-state index contributed by atoms with van der Waals surface area (Å²) in [6, 6.07) is 6.53. The number of benzene rings is 1. The zero-order valence-electron chi connectivity index (χ0n) is 16.3. The van der Waals surface area contributed by atoms with Gasteiger partial charge in [-0.1, -0.05) is 19.1 Å². The Morgan fingerprint density at radius 1 is 1.26 bits per heavy atom. The molecule has 2 atom stereocenters. The lowest BCUT2D eigenvalue weighted by Crippen LogP contribution is -2.43. The van der Waals surface area contributed by atoms with Gasteiger partial charge in [0.05, 0.1) is 10.9 Å². The fourth-order valence-electron chi connectivity index (χ4n) is 4.70. The van der Waals surface area contributed by atoms with Gasteiger partial charge in [-0.2, -0.15) is 5.10 Å². The van der Waals surface area contributed by atoms with Crippen LogP contribution in [0, 0.1) is 6.92 Å². The summed E-state index contributed by atoms with van der Waals surface area (Å²) in [4.78, 5) is 28.1. The molecule has 0 aliphatic carbocycles. The molecule has 6 heteroatoms. The Labute approximate surface area is 159 Å². The highest BCUT2D eigenvalue weighted by atomic mass is 16.5. The van der Waals surface area contributed by atoms with Crippen LogP contribution in [0.1, 0.15) is 55.1 Å². The topological polar surface area (TPSA) is 64.4 Å². The van der Waals surface area contributed by atoms with E-state index in [9.17, 15) is 9.59 Å². The van der Waals surface area contributed by atoms with E-state index in [0.29, 0.717) is 24.0 Å². The van der Waals surface area contributed by atoms with Gasteiger partial charge in [-0.05, 0) is 44.9 Å². The largest absolute Gasteiger partial charge is 0.457 e. The first-order chi connectivity index (χ1) is 13.0. The average Bonchev–Trinajstić information content (AvgIpc) is 2.85. The number of hydrogen-bond acceptors (Lipinski definition) is 5. The van der Waals surface area contributed by atoms with Crippen LogP contribution in [0.15, 0.2) is 23.0 Å². The average molecular weight is 369 g/mol. The normalized spacial score (nSPS) is 25.1. The molecule has 0 radical (unpaired) electrons. The summed E-state index contributed by atoms with van der Waals surface area (Å²) >= 11 is 0. The second-order valence-electron chi connectivity index (χ2n) is 7.92. The van der Waals surface area contributed by atoms with Crippen molar-refractivity contribution in [2.45, 2.75) is 70.7 Å². The van der Waals surface area contributed by atoms with Crippen LogP contribution in [0.25, 0.3) is 10.9 Å². The van der Waals surface area contributed by atoms with Gasteiger partial charge in [-0.15, -0.1) is 0 Å². The summed E-state index contributed by atoms with van der Waals surface area (Å²) in [7, 11) is 2.15. The van der Waals surface area contributed by atoms with Crippen LogP contribution in [-0.2, 0) is 11.3 Å². The number of ether oxygens (including phenoxy) is 1. The van der Waals surface area contributed by atoms with Crippen LogP contribution in [-0.4, -0.2) is 45.9 Å². The molecule has 1 aromatic heterocycles. The van der Waals surface area contributed by atoms with Gasteiger partial charge in [-0.25, -0.2) is 4.79 Å². The number of carbonyl (C=O) groups is 1. The number of para-hydroxylation sites is 1. The molecule has 2 aliphatic rings. The molecule has 6 nitrogen and oxygen atoms in total. The second-order valence-corrected chi connectivity index (χ2v) is 7.92. The van der Waals surface area contributed by atoms with E-state index in [1.54, 1.807) is 10.7 Å². The Morgan fingerprint density at radius 3 is 2.63 bits per heavy atom. The molecule has 0 amide bonds. The Kier molecular flexibility index (Phi) is 4.76. The first-order valence-electron chi connectivity index (χ1n) is 9.93. The molecule has 0 N–H and O–H groups in total. The van der Waals surface area contributed by atoms with E-state index in [1.165, 1.54) is 0 Å². The van der Waals surface area contributed by atoms with E-state index in [-0.39, 0.29) is 17.2 Å². The molecule has 3 heterocycles. The lowest BCUT2D eigenvalue weighted by Gasteiger charge is -2.35. The van der Waals surface area contributed by atoms with Crippen molar-refractivity contribution in [3.63, 3.8) is 0 Å². The van der Waals surface area contributed by atoms with Crippen LogP contribution < -0.4 is 5.43 Å². The second kappa shape index (κ2) is 7.08. The van der Waals surface area contributed by atoms with Crippen LogP contribution in [0.4, 0.5) is 0 Å². The Hall–Kier alpha value is -2.21. The van der Waals surface area contributed by atoms with E-state index >= 15 is 0 Å². The highest BCUT2D eigenvalue weighted by molar-refractivity contribution is 5.92. The lowest BCUT2D eigenvalue weighted by molar-refractivity contribution is -0.00129. The van der Waals surface area contributed by atoms with Crippen LogP contribution in [0.5, 0.6) is 0 Å². The molecule has 1 aromatic carbocycles. The molecule has 0 spiro atoms. The Balaban J connectivity index is 1.66. The molecule has 2 saturated heterocycles. The summed E-state index contributed by atoms with van der Waals surface area (Å²) in [5.74, 6) is -0.581. The number of aryl methyl sites for hydroxylation is 2. The van der Waals surface area contributed by atoms with Gasteiger partial charge in [0.2, 0.25) is 11.1 Å². The quantitative estimate of drug-likeness (QED) is 0.776. The molecule has 0 saturated carbocycles. The third kappa shape index (κ3) is 3.16. The molecule has 27 heavy (non-hydrogen) atoms.